The number of hydrogen-bond acceptors (Lipinski definition) is 4. The summed E-state index contributed by atoms with van der Waals surface area (Å²) in [5, 5.41) is 7.88. The molecule has 0 bridgehead atoms. The van der Waals surface area contributed by atoms with Crippen molar-refractivity contribution in [1.29, 1.82) is 0 Å². The minimum Gasteiger partial charge on any atom is -0.371 e. The number of rotatable bonds is 5. The maximum atomic E-state index is 12.4. The first-order chi connectivity index (χ1) is 10.1. The van der Waals surface area contributed by atoms with Gasteiger partial charge in [0.1, 0.15) is 4.47 Å². The van der Waals surface area contributed by atoms with Gasteiger partial charge in [0.15, 0.2) is 0 Å². The van der Waals surface area contributed by atoms with Crippen LogP contribution in [0.3, 0.4) is 0 Å². The van der Waals surface area contributed by atoms with E-state index in [1.54, 1.807) is 4.68 Å². The van der Waals surface area contributed by atoms with Gasteiger partial charge in [-0.15, -0.1) is 0 Å². The molecule has 0 amide bonds. The van der Waals surface area contributed by atoms with Gasteiger partial charge in [0.05, 0.1) is 11.9 Å². The first-order valence-corrected chi connectivity index (χ1v) is 8.64. The van der Waals surface area contributed by atoms with Crippen LogP contribution < -0.4 is 15.8 Å². The van der Waals surface area contributed by atoms with Crippen LogP contribution in [-0.4, -0.2) is 36.0 Å². The molecule has 1 saturated heterocycles. The molecule has 1 atom stereocenters. The zero-order chi connectivity index (χ0) is 14.8. The van der Waals surface area contributed by atoms with Crippen molar-refractivity contribution in [1.82, 2.24) is 15.1 Å². The number of hydrogen-bond donors (Lipinski definition) is 1. The van der Waals surface area contributed by atoms with Crippen LogP contribution in [0, 0.1) is 5.92 Å². The molecule has 21 heavy (non-hydrogen) atoms. The lowest BCUT2D eigenvalue weighted by atomic mass is 10.0. The van der Waals surface area contributed by atoms with E-state index in [1.807, 2.05) is 13.2 Å². The van der Waals surface area contributed by atoms with Crippen molar-refractivity contribution >= 4 is 21.6 Å². The number of piperidine rings is 1. The topological polar surface area (TPSA) is 50.2 Å². The largest absolute Gasteiger partial charge is 0.371 e. The normalized spacial score (nSPS) is 22.3. The number of nitrogens with one attached hydrogen (secondary N) is 1. The second kappa shape index (κ2) is 6.48. The zero-order valence-corrected chi connectivity index (χ0v) is 14.1. The number of nitrogens with zero attached hydrogens (tertiary/aromatic N) is 3. The van der Waals surface area contributed by atoms with Crippen molar-refractivity contribution in [2.24, 2.45) is 5.92 Å². The molecule has 0 radical (unpaired) electrons. The van der Waals surface area contributed by atoms with E-state index in [0.717, 1.165) is 25.3 Å². The first kappa shape index (κ1) is 15.0. The van der Waals surface area contributed by atoms with Crippen molar-refractivity contribution in [2.75, 3.05) is 25.0 Å². The van der Waals surface area contributed by atoms with E-state index in [9.17, 15) is 4.79 Å². The third-order valence-corrected chi connectivity index (χ3v) is 5.16. The van der Waals surface area contributed by atoms with E-state index >= 15 is 0 Å². The molecule has 1 unspecified atom stereocenters. The Labute approximate surface area is 133 Å². The summed E-state index contributed by atoms with van der Waals surface area (Å²) < 4.78 is 2.23. The zero-order valence-electron chi connectivity index (χ0n) is 12.5. The van der Waals surface area contributed by atoms with Crippen LogP contribution in [0.2, 0.25) is 0 Å². The molecule has 116 valence electrons. The predicted octanol–water partition coefficient (Wildman–Crippen LogP) is 1.99. The van der Waals surface area contributed by atoms with Crippen LogP contribution in [0.5, 0.6) is 0 Å². The number of likely N-dealkylation sites (N-methyl/N-ethyl adjacent to an activating group) is 1. The van der Waals surface area contributed by atoms with Crippen LogP contribution in [0.25, 0.3) is 0 Å². The van der Waals surface area contributed by atoms with Gasteiger partial charge in [0.25, 0.3) is 5.56 Å². The lowest BCUT2D eigenvalue weighted by Crippen LogP contribution is -2.43. The molecular formula is C15H23BrN4O. The predicted molar refractivity (Wildman–Crippen MR) is 87.8 cm³/mol. The maximum absolute atomic E-state index is 12.4. The summed E-state index contributed by atoms with van der Waals surface area (Å²) in [5.41, 5.74) is 0.877. The highest BCUT2D eigenvalue weighted by molar-refractivity contribution is 9.10. The highest BCUT2D eigenvalue weighted by Crippen LogP contribution is 2.30. The minimum absolute atomic E-state index is 0.0112. The molecule has 0 aromatic carbocycles. The third kappa shape index (κ3) is 3.66. The molecule has 3 rings (SSSR count). The van der Waals surface area contributed by atoms with Crippen molar-refractivity contribution in [2.45, 2.75) is 44.7 Å². The first-order valence-electron chi connectivity index (χ1n) is 7.85. The second-order valence-electron chi connectivity index (χ2n) is 6.30. The van der Waals surface area contributed by atoms with Gasteiger partial charge in [-0.3, -0.25) is 4.79 Å². The van der Waals surface area contributed by atoms with Crippen molar-refractivity contribution in [3.8, 4) is 0 Å². The number of halogens is 1. The number of aromatic nitrogens is 2. The van der Waals surface area contributed by atoms with E-state index in [-0.39, 0.29) is 5.56 Å². The molecule has 0 spiro atoms. The SMILES string of the molecule is CN(CC1CCCCN1)c1cnn(CC2CC2)c(=O)c1Br. The van der Waals surface area contributed by atoms with Crippen molar-refractivity contribution in [3.05, 3.63) is 21.0 Å². The molecule has 1 aliphatic carbocycles. The standard InChI is InChI=1S/C15H23BrN4O/c1-19(10-12-4-2-3-7-17-12)13-8-18-20(9-11-5-6-11)15(21)14(13)16/h8,11-12,17H,2-7,9-10H2,1H3. The molecule has 2 aliphatic rings. The van der Waals surface area contributed by atoms with Crippen LogP contribution in [0.1, 0.15) is 32.1 Å². The van der Waals surface area contributed by atoms with Gasteiger partial charge in [-0.05, 0) is 54.1 Å². The Bertz CT molecular complexity index is 549. The second-order valence-corrected chi connectivity index (χ2v) is 7.09. The molecule has 6 heteroatoms. The molecular weight excluding hydrogens is 332 g/mol. The summed E-state index contributed by atoms with van der Waals surface area (Å²) in [6.45, 7) is 2.76. The summed E-state index contributed by atoms with van der Waals surface area (Å²) in [4.78, 5) is 14.5. The molecule has 1 N–H and O–H groups in total. The lowest BCUT2D eigenvalue weighted by molar-refractivity contribution is 0.403. The van der Waals surface area contributed by atoms with E-state index in [0.29, 0.717) is 16.4 Å². The Kier molecular flexibility index (Phi) is 4.64. The van der Waals surface area contributed by atoms with Crippen LogP contribution in [-0.2, 0) is 6.54 Å². The molecule has 1 aromatic rings. The average Bonchev–Trinajstić information content (AvgIpc) is 3.29. The summed E-state index contributed by atoms with van der Waals surface area (Å²) in [6, 6.07) is 0.504. The van der Waals surface area contributed by atoms with E-state index < -0.39 is 0 Å². The quantitative estimate of drug-likeness (QED) is 0.878. The molecule has 1 saturated carbocycles. The Morgan fingerprint density at radius 2 is 2.24 bits per heavy atom. The monoisotopic (exact) mass is 354 g/mol. The van der Waals surface area contributed by atoms with Gasteiger partial charge in [-0.2, -0.15) is 5.10 Å². The molecule has 5 nitrogen and oxygen atoms in total. The highest BCUT2D eigenvalue weighted by Gasteiger charge is 2.24. The average molecular weight is 355 g/mol. The van der Waals surface area contributed by atoms with Crippen LogP contribution in [0.15, 0.2) is 15.5 Å². The summed E-state index contributed by atoms with van der Waals surface area (Å²) in [6.07, 6.45) is 8.02. The summed E-state index contributed by atoms with van der Waals surface area (Å²) in [7, 11) is 2.03. The molecule has 2 fully saturated rings. The Balaban J connectivity index is 1.71. The Morgan fingerprint density at radius 1 is 1.43 bits per heavy atom. The van der Waals surface area contributed by atoms with Gasteiger partial charge in [0, 0.05) is 26.2 Å². The lowest BCUT2D eigenvalue weighted by Gasteiger charge is -2.29. The fourth-order valence-corrected chi connectivity index (χ4v) is 3.52. The number of anilines is 1. The highest BCUT2D eigenvalue weighted by atomic mass is 79.9. The summed E-state index contributed by atoms with van der Waals surface area (Å²) >= 11 is 3.47. The van der Waals surface area contributed by atoms with Gasteiger partial charge >= 0.3 is 0 Å². The maximum Gasteiger partial charge on any atom is 0.283 e. The molecule has 1 aromatic heterocycles. The van der Waals surface area contributed by atoms with E-state index in [1.165, 1.54) is 32.1 Å². The molecule has 1 aliphatic heterocycles. The van der Waals surface area contributed by atoms with Crippen LogP contribution >= 0.6 is 15.9 Å². The minimum atomic E-state index is -0.0112. The third-order valence-electron chi connectivity index (χ3n) is 4.41. The van der Waals surface area contributed by atoms with Gasteiger partial charge < -0.3 is 10.2 Å². The van der Waals surface area contributed by atoms with Gasteiger partial charge in [-0.25, -0.2) is 4.68 Å². The molecule has 2 heterocycles. The smallest absolute Gasteiger partial charge is 0.283 e. The Hall–Kier alpha value is -0.880. The van der Waals surface area contributed by atoms with Gasteiger partial charge in [0.2, 0.25) is 0 Å². The fraction of sp³-hybridized carbons (Fsp3) is 0.733. The van der Waals surface area contributed by atoms with E-state index in [4.69, 9.17) is 0 Å². The van der Waals surface area contributed by atoms with E-state index in [2.05, 4.69) is 31.2 Å². The Morgan fingerprint density at radius 3 is 2.90 bits per heavy atom. The van der Waals surface area contributed by atoms with Crippen molar-refractivity contribution < 1.29 is 0 Å². The fourth-order valence-electron chi connectivity index (χ4n) is 2.91. The van der Waals surface area contributed by atoms with Crippen LogP contribution in [0.4, 0.5) is 5.69 Å². The van der Waals surface area contributed by atoms with Crippen molar-refractivity contribution in [3.63, 3.8) is 0 Å². The van der Waals surface area contributed by atoms with Gasteiger partial charge in [-0.1, -0.05) is 6.42 Å². The summed E-state index contributed by atoms with van der Waals surface area (Å²) in [5.74, 6) is 0.650.